The topological polar surface area (TPSA) is 34.1 Å². The maximum Gasteiger partial charge on any atom is 0.433 e. The molecule has 18 heavy (non-hydrogen) atoms. The van der Waals surface area contributed by atoms with Gasteiger partial charge in [0.1, 0.15) is 11.5 Å². The number of ether oxygens (including phenoxy) is 1. The summed E-state index contributed by atoms with van der Waals surface area (Å²) in [4.78, 5) is 3.50. The molecule has 0 unspecified atom stereocenters. The van der Waals surface area contributed by atoms with Crippen molar-refractivity contribution in [2.45, 2.75) is 19.0 Å². The van der Waals surface area contributed by atoms with Crippen LogP contribution < -0.4 is 5.32 Å². The first-order valence-corrected chi connectivity index (χ1v) is 5.91. The molecule has 0 spiro atoms. The Bertz CT molecular complexity index is 391. The second-order valence-corrected chi connectivity index (χ2v) is 4.35. The quantitative estimate of drug-likeness (QED) is 0.798. The van der Waals surface area contributed by atoms with Crippen LogP contribution in [0.25, 0.3) is 0 Å². The van der Waals surface area contributed by atoms with Crippen LogP contribution in [0.1, 0.15) is 18.5 Å². The van der Waals surface area contributed by atoms with Gasteiger partial charge in [0.15, 0.2) is 0 Å². The Morgan fingerprint density at radius 2 is 2.11 bits per heavy atom. The van der Waals surface area contributed by atoms with Crippen molar-refractivity contribution < 1.29 is 17.9 Å². The Labute approximate surface area is 103 Å². The number of halogens is 3. The maximum absolute atomic E-state index is 12.4. The van der Waals surface area contributed by atoms with Crippen molar-refractivity contribution in [3.8, 4) is 0 Å². The first kappa shape index (κ1) is 13.1. The van der Waals surface area contributed by atoms with E-state index < -0.39 is 11.9 Å². The van der Waals surface area contributed by atoms with Gasteiger partial charge in [0.25, 0.3) is 0 Å². The maximum atomic E-state index is 12.4. The number of hydrogen-bond acceptors (Lipinski definition) is 3. The number of hydrogen-bond donors (Lipinski definition) is 1. The molecule has 0 atom stereocenters. The molecule has 3 nitrogen and oxygen atoms in total. The number of rotatable bonds is 6. The monoisotopic (exact) mass is 260 g/mol. The molecule has 6 heteroatoms. The minimum absolute atomic E-state index is 0.222. The third kappa shape index (κ3) is 4.18. The lowest BCUT2D eigenvalue weighted by Gasteiger charge is -2.09. The van der Waals surface area contributed by atoms with E-state index in [1.165, 1.54) is 25.0 Å². The third-order valence-electron chi connectivity index (χ3n) is 2.64. The molecule has 1 aliphatic carbocycles. The highest BCUT2D eigenvalue weighted by molar-refractivity contribution is 5.35. The van der Waals surface area contributed by atoms with E-state index in [1.807, 2.05) is 0 Å². The SMILES string of the molecule is FC(F)(F)c1cccc(NCCOCC2CC2)n1. The van der Waals surface area contributed by atoms with Gasteiger partial charge in [-0.3, -0.25) is 0 Å². The molecular weight excluding hydrogens is 245 g/mol. The van der Waals surface area contributed by atoms with Crippen molar-refractivity contribution in [1.29, 1.82) is 0 Å². The highest BCUT2D eigenvalue weighted by atomic mass is 19.4. The lowest BCUT2D eigenvalue weighted by Crippen LogP contribution is -2.14. The smallest absolute Gasteiger partial charge is 0.379 e. The average Bonchev–Trinajstić information content (AvgIpc) is 3.12. The van der Waals surface area contributed by atoms with Gasteiger partial charge >= 0.3 is 6.18 Å². The van der Waals surface area contributed by atoms with Gasteiger partial charge in [-0.1, -0.05) is 6.07 Å². The van der Waals surface area contributed by atoms with Gasteiger partial charge < -0.3 is 10.1 Å². The molecular formula is C12H15F3N2O. The zero-order chi connectivity index (χ0) is 13.0. The average molecular weight is 260 g/mol. The van der Waals surface area contributed by atoms with Crippen LogP contribution >= 0.6 is 0 Å². The summed E-state index contributed by atoms with van der Waals surface area (Å²) in [6.07, 6.45) is -1.95. The predicted octanol–water partition coefficient (Wildman–Crippen LogP) is 2.94. The second kappa shape index (κ2) is 5.56. The Morgan fingerprint density at radius 1 is 1.33 bits per heavy atom. The molecule has 1 fully saturated rings. The van der Waals surface area contributed by atoms with E-state index in [2.05, 4.69) is 10.3 Å². The number of nitrogens with one attached hydrogen (secondary N) is 1. The Balaban J connectivity index is 1.74. The molecule has 1 aromatic rings. The fourth-order valence-electron chi connectivity index (χ4n) is 1.48. The zero-order valence-electron chi connectivity index (χ0n) is 9.83. The van der Waals surface area contributed by atoms with Gasteiger partial charge in [0.05, 0.1) is 6.61 Å². The number of anilines is 1. The summed E-state index contributed by atoms with van der Waals surface area (Å²) < 4.78 is 42.5. The normalized spacial score (nSPS) is 15.7. The van der Waals surface area contributed by atoms with Crippen LogP contribution in [0.15, 0.2) is 18.2 Å². The lowest BCUT2D eigenvalue weighted by molar-refractivity contribution is -0.141. The number of aromatic nitrogens is 1. The molecule has 1 aromatic heterocycles. The molecule has 1 aliphatic rings. The molecule has 0 radical (unpaired) electrons. The minimum Gasteiger partial charge on any atom is -0.379 e. The van der Waals surface area contributed by atoms with E-state index in [0.29, 0.717) is 19.1 Å². The standard InChI is InChI=1S/C12H15F3N2O/c13-12(14,15)10-2-1-3-11(17-10)16-6-7-18-8-9-4-5-9/h1-3,9H,4-8H2,(H,16,17). The van der Waals surface area contributed by atoms with Crippen LogP contribution in [-0.2, 0) is 10.9 Å². The van der Waals surface area contributed by atoms with Gasteiger partial charge in [-0.15, -0.1) is 0 Å². The Hall–Kier alpha value is -1.30. The van der Waals surface area contributed by atoms with Crippen LogP contribution in [0.5, 0.6) is 0 Å². The van der Waals surface area contributed by atoms with E-state index in [-0.39, 0.29) is 5.82 Å². The summed E-state index contributed by atoms with van der Waals surface area (Å²) in [6, 6.07) is 3.80. The van der Waals surface area contributed by atoms with E-state index in [9.17, 15) is 13.2 Å². The summed E-state index contributed by atoms with van der Waals surface area (Å²) in [6.45, 7) is 1.69. The first-order valence-electron chi connectivity index (χ1n) is 5.91. The molecule has 0 aliphatic heterocycles. The number of nitrogens with zero attached hydrogens (tertiary/aromatic N) is 1. The van der Waals surface area contributed by atoms with E-state index in [0.717, 1.165) is 12.7 Å². The molecule has 1 saturated carbocycles. The van der Waals surface area contributed by atoms with Crippen molar-refractivity contribution in [3.05, 3.63) is 23.9 Å². The Kier molecular flexibility index (Phi) is 4.06. The van der Waals surface area contributed by atoms with E-state index in [1.54, 1.807) is 0 Å². The van der Waals surface area contributed by atoms with Crippen molar-refractivity contribution in [1.82, 2.24) is 4.98 Å². The second-order valence-electron chi connectivity index (χ2n) is 4.35. The van der Waals surface area contributed by atoms with Crippen molar-refractivity contribution in [2.24, 2.45) is 5.92 Å². The van der Waals surface area contributed by atoms with Crippen molar-refractivity contribution in [3.63, 3.8) is 0 Å². The fourth-order valence-corrected chi connectivity index (χ4v) is 1.48. The van der Waals surface area contributed by atoms with Gasteiger partial charge in [0.2, 0.25) is 0 Å². The van der Waals surface area contributed by atoms with Gasteiger partial charge in [0, 0.05) is 13.2 Å². The summed E-state index contributed by atoms with van der Waals surface area (Å²) in [7, 11) is 0. The molecule has 0 bridgehead atoms. The summed E-state index contributed by atoms with van der Waals surface area (Å²) in [5.74, 6) is 0.913. The first-order chi connectivity index (χ1) is 8.55. The van der Waals surface area contributed by atoms with Crippen LogP contribution in [0.2, 0.25) is 0 Å². The van der Waals surface area contributed by atoms with Crippen LogP contribution in [0.4, 0.5) is 19.0 Å². The molecule has 1 N–H and O–H groups in total. The highest BCUT2D eigenvalue weighted by Gasteiger charge is 2.32. The third-order valence-corrected chi connectivity index (χ3v) is 2.64. The van der Waals surface area contributed by atoms with Crippen LogP contribution in [-0.4, -0.2) is 24.7 Å². The highest BCUT2D eigenvalue weighted by Crippen LogP contribution is 2.29. The zero-order valence-corrected chi connectivity index (χ0v) is 9.83. The molecule has 0 saturated heterocycles. The lowest BCUT2D eigenvalue weighted by atomic mass is 10.3. The van der Waals surface area contributed by atoms with Crippen molar-refractivity contribution in [2.75, 3.05) is 25.1 Å². The van der Waals surface area contributed by atoms with Gasteiger partial charge in [-0.2, -0.15) is 13.2 Å². The van der Waals surface area contributed by atoms with E-state index >= 15 is 0 Å². The molecule has 0 aromatic carbocycles. The Morgan fingerprint density at radius 3 is 2.78 bits per heavy atom. The fraction of sp³-hybridized carbons (Fsp3) is 0.583. The number of alkyl halides is 3. The van der Waals surface area contributed by atoms with Crippen LogP contribution in [0, 0.1) is 5.92 Å². The molecule has 2 rings (SSSR count). The predicted molar refractivity (Wildman–Crippen MR) is 61.3 cm³/mol. The molecule has 0 amide bonds. The number of pyridine rings is 1. The van der Waals surface area contributed by atoms with Gasteiger partial charge in [-0.05, 0) is 30.9 Å². The van der Waals surface area contributed by atoms with Gasteiger partial charge in [-0.25, -0.2) is 4.98 Å². The summed E-state index contributed by atoms with van der Waals surface area (Å²) in [5.41, 5.74) is -0.883. The minimum atomic E-state index is -4.40. The summed E-state index contributed by atoms with van der Waals surface area (Å²) in [5, 5.41) is 2.82. The molecule has 1 heterocycles. The largest absolute Gasteiger partial charge is 0.433 e. The van der Waals surface area contributed by atoms with Crippen LogP contribution in [0.3, 0.4) is 0 Å². The molecule has 100 valence electrons. The van der Waals surface area contributed by atoms with E-state index in [4.69, 9.17) is 4.74 Å². The van der Waals surface area contributed by atoms with Crippen molar-refractivity contribution >= 4 is 5.82 Å². The summed E-state index contributed by atoms with van der Waals surface area (Å²) >= 11 is 0.